The largest absolute Gasteiger partial charge is 0.340 e. The van der Waals surface area contributed by atoms with Gasteiger partial charge in [-0.05, 0) is 43.2 Å². The van der Waals surface area contributed by atoms with Crippen molar-refractivity contribution in [3.63, 3.8) is 0 Å². The zero-order chi connectivity index (χ0) is 22.9. The summed E-state index contributed by atoms with van der Waals surface area (Å²) in [6.07, 6.45) is 0.236. The van der Waals surface area contributed by atoms with Crippen molar-refractivity contribution in [3.8, 4) is 6.07 Å². The summed E-state index contributed by atoms with van der Waals surface area (Å²) in [4.78, 5) is 19.4. The summed E-state index contributed by atoms with van der Waals surface area (Å²) in [5.41, 5.74) is 3.85. The van der Waals surface area contributed by atoms with Gasteiger partial charge in [0.25, 0.3) is 0 Å². The highest BCUT2D eigenvalue weighted by atomic mass is 32.2. The third-order valence-electron chi connectivity index (χ3n) is 6.03. The van der Waals surface area contributed by atoms with Crippen LogP contribution in [0.15, 0.2) is 53.4 Å². The quantitative estimate of drug-likeness (QED) is 0.612. The normalized spacial score (nSPS) is 15.0. The highest BCUT2D eigenvalue weighted by Crippen LogP contribution is 2.24. The van der Waals surface area contributed by atoms with Crippen LogP contribution in [0.25, 0.3) is 10.9 Å². The Kier molecular flexibility index (Phi) is 5.96. The van der Waals surface area contributed by atoms with Gasteiger partial charge in [-0.25, -0.2) is 8.42 Å². The molecule has 0 atom stereocenters. The summed E-state index contributed by atoms with van der Waals surface area (Å²) < 4.78 is 27.4. The van der Waals surface area contributed by atoms with E-state index in [-0.39, 0.29) is 35.9 Å². The van der Waals surface area contributed by atoms with Gasteiger partial charge in [-0.1, -0.05) is 30.3 Å². The molecular formula is C24H24N4O3S. The predicted octanol–water partition coefficient (Wildman–Crippen LogP) is 2.80. The van der Waals surface area contributed by atoms with Gasteiger partial charge < -0.3 is 4.90 Å². The molecular weight excluding hydrogens is 424 g/mol. The van der Waals surface area contributed by atoms with Gasteiger partial charge in [0.1, 0.15) is 6.07 Å². The Balaban J connectivity index is 1.48. The van der Waals surface area contributed by atoms with Crippen molar-refractivity contribution < 1.29 is 13.2 Å². The number of carbonyl (C=O) groups excluding carboxylic acids is 1. The molecule has 0 N–H and O–H groups in total. The number of aromatic nitrogens is 1. The van der Waals surface area contributed by atoms with E-state index in [9.17, 15) is 18.5 Å². The minimum atomic E-state index is -3.79. The number of hydrogen-bond acceptors (Lipinski definition) is 5. The second-order valence-electron chi connectivity index (χ2n) is 7.89. The van der Waals surface area contributed by atoms with E-state index in [0.717, 1.165) is 27.7 Å². The SMILES string of the molecule is Cc1nc2ccccc2c(C)c1CC(=O)N1CCN(S(=O)(=O)c2ccccc2C#N)CC1. The third-order valence-corrected chi connectivity index (χ3v) is 7.99. The molecule has 1 aliphatic rings. The molecule has 2 heterocycles. The highest BCUT2D eigenvalue weighted by Gasteiger charge is 2.31. The molecule has 3 aromatic rings. The molecule has 0 bridgehead atoms. The van der Waals surface area contributed by atoms with Gasteiger partial charge >= 0.3 is 0 Å². The first-order chi connectivity index (χ1) is 15.3. The van der Waals surface area contributed by atoms with Crippen molar-refractivity contribution >= 4 is 26.8 Å². The van der Waals surface area contributed by atoms with Crippen LogP contribution in [0.3, 0.4) is 0 Å². The molecule has 8 heteroatoms. The molecule has 1 aromatic heterocycles. The first-order valence-electron chi connectivity index (χ1n) is 10.4. The number of hydrogen-bond donors (Lipinski definition) is 0. The number of rotatable bonds is 4. The van der Waals surface area contributed by atoms with Crippen molar-refractivity contribution in [1.29, 1.82) is 5.26 Å². The van der Waals surface area contributed by atoms with E-state index >= 15 is 0 Å². The van der Waals surface area contributed by atoms with E-state index in [4.69, 9.17) is 0 Å². The van der Waals surface area contributed by atoms with Crippen molar-refractivity contribution in [3.05, 3.63) is 70.9 Å². The molecule has 0 aliphatic carbocycles. The lowest BCUT2D eigenvalue weighted by molar-refractivity contribution is -0.131. The number of benzene rings is 2. The number of aryl methyl sites for hydroxylation is 2. The first kappa shape index (κ1) is 21.9. The molecule has 1 amide bonds. The standard InChI is InChI=1S/C24H24N4O3S/c1-17-20-8-4-5-9-22(20)26-18(2)21(17)15-24(29)27-11-13-28(14-12-27)32(30,31)23-10-6-3-7-19(23)16-25/h3-10H,11-15H2,1-2H3. The first-order valence-corrected chi connectivity index (χ1v) is 11.9. The fourth-order valence-electron chi connectivity index (χ4n) is 4.19. The van der Waals surface area contributed by atoms with Crippen LogP contribution in [0.2, 0.25) is 0 Å². The zero-order valence-electron chi connectivity index (χ0n) is 18.1. The monoisotopic (exact) mass is 448 g/mol. The van der Waals surface area contributed by atoms with Gasteiger partial charge in [0.2, 0.25) is 15.9 Å². The Morgan fingerprint density at radius 3 is 2.41 bits per heavy atom. The molecule has 1 fully saturated rings. The van der Waals surface area contributed by atoms with E-state index in [1.807, 2.05) is 44.2 Å². The van der Waals surface area contributed by atoms with Gasteiger partial charge in [-0.3, -0.25) is 9.78 Å². The summed E-state index contributed by atoms with van der Waals surface area (Å²) in [5, 5.41) is 10.3. The van der Waals surface area contributed by atoms with Crippen molar-refractivity contribution in [2.75, 3.05) is 26.2 Å². The average Bonchev–Trinajstić information content (AvgIpc) is 2.81. The molecule has 164 valence electrons. The number of para-hydroxylation sites is 1. The van der Waals surface area contributed by atoms with E-state index < -0.39 is 10.0 Å². The molecule has 0 saturated carbocycles. The number of sulfonamides is 1. The van der Waals surface area contributed by atoms with Gasteiger partial charge in [0, 0.05) is 37.3 Å². The Labute approximate surface area is 188 Å². The predicted molar refractivity (Wildman–Crippen MR) is 121 cm³/mol. The van der Waals surface area contributed by atoms with Crippen molar-refractivity contribution in [2.24, 2.45) is 0 Å². The van der Waals surface area contributed by atoms with Gasteiger partial charge in [-0.2, -0.15) is 9.57 Å². The fraction of sp³-hybridized carbons (Fsp3) is 0.292. The van der Waals surface area contributed by atoms with E-state index in [1.54, 1.807) is 17.0 Å². The van der Waals surface area contributed by atoms with Crippen LogP contribution in [0.5, 0.6) is 0 Å². The van der Waals surface area contributed by atoms with Crippen LogP contribution in [0, 0.1) is 25.2 Å². The summed E-state index contributed by atoms with van der Waals surface area (Å²) >= 11 is 0. The fourth-order valence-corrected chi connectivity index (χ4v) is 5.76. The lowest BCUT2D eigenvalue weighted by atomic mass is 9.99. The number of pyridine rings is 1. The molecule has 0 unspecified atom stereocenters. The summed E-state index contributed by atoms with van der Waals surface area (Å²) in [6, 6.07) is 16.0. The smallest absolute Gasteiger partial charge is 0.244 e. The number of fused-ring (bicyclic) bond motifs is 1. The minimum Gasteiger partial charge on any atom is -0.340 e. The minimum absolute atomic E-state index is 0.00997. The van der Waals surface area contributed by atoms with E-state index in [2.05, 4.69) is 4.98 Å². The Hall–Kier alpha value is -3.28. The summed E-state index contributed by atoms with van der Waals surface area (Å²) in [5.74, 6) is -0.0391. The highest BCUT2D eigenvalue weighted by molar-refractivity contribution is 7.89. The van der Waals surface area contributed by atoms with E-state index in [1.165, 1.54) is 16.4 Å². The number of carbonyl (C=O) groups is 1. The van der Waals surface area contributed by atoms with E-state index in [0.29, 0.717) is 13.1 Å². The van der Waals surface area contributed by atoms with Crippen LogP contribution in [-0.4, -0.2) is 54.7 Å². The molecule has 7 nitrogen and oxygen atoms in total. The van der Waals surface area contributed by atoms with Crippen LogP contribution >= 0.6 is 0 Å². The lowest BCUT2D eigenvalue weighted by Gasteiger charge is -2.34. The molecule has 4 rings (SSSR count). The van der Waals surface area contributed by atoms with Crippen molar-refractivity contribution in [2.45, 2.75) is 25.2 Å². The topological polar surface area (TPSA) is 94.4 Å². The lowest BCUT2D eigenvalue weighted by Crippen LogP contribution is -2.51. The van der Waals surface area contributed by atoms with Gasteiger partial charge in [-0.15, -0.1) is 0 Å². The van der Waals surface area contributed by atoms with Crippen LogP contribution in [0.1, 0.15) is 22.4 Å². The number of nitrogens with zero attached hydrogens (tertiary/aromatic N) is 4. The summed E-state index contributed by atoms with van der Waals surface area (Å²) in [7, 11) is -3.79. The second-order valence-corrected chi connectivity index (χ2v) is 9.79. The Morgan fingerprint density at radius 1 is 1.03 bits per heavy atom. The number of piperazine rings is 1. The van der Waals surface area contributed by atoms with Crippen LogP contribution < -0.4 is 0 Å². The van der Waals surface area contributed by atoms with Crippen molar-refractivity contribution in [1.82, 2.24) is 14.2 Å². The van der Waals surface area contributed by atoms with Crippen LogP contribution in [0.4, 0.5) is 0 Å². The number of nitriles is 1. The maximum Gasteiger partial charge on any atom is 0.244 e. The molecule has 32 heavy (non-hydrogen) atoms. The maximum atomic E-state index is 13.0. The molecule has 2 aromatic carbocycles. The van der Waals surface area contributed by atoms with Crippen LogP contribution in [-0.2, 0) is 21.2 Å². The molecule has 1 saturated heterocycles. The Bertz CT molecular complexity index is 1340. The third kappa shape index (κ3) is 3.97. The molecule has 0 spiro atoms. The summed E-state index contributed by atoms with van der Waals surface area (Å²) in [6.45, 7) is 4.94. The van der Waals surface area contributed by atoms with Gasteiger partial charge in [0.15, 0.2) is 0 Å². The van der Waals surface area contributed by atoms with Gasteiger partial charge in [0.05, 0.1) is 22.4 Å². The second kappa shape index (κ2) is 8.69. The average molecular weight is 449 g/mol. The molecule has 0 radical (unpaired) electrons. The number of amides is 1. The Morgan fingerprint density at radius 2 is 1.69 bits per heavy atom. The maximum absolute atomic E-state index is 13.0. The molecule has 1 aliphatic heterocycles. The zero-order valence-corrected chi connectivity index (χ0v) is 18.9.